The summed E-state index contributed by atoms with van der Waals surface area (Å²) in [6, 6.07) is 6.88. The van der Waals surface area contributed by atoms with Crippen molar-refractivity contribution in [1.82, 2.24) is 9.88 Å². The molecule has 1 aliphatic rings. The molecule has 1 aromatic heterocycles. The Morgan fingerprint density at radius 1 is 1.50 bits per heavy atom. The van der Waals surface area contributed by atoms with Gasteiger partial charge in [0.15, 0.2) is 0 Å². The Balaban J connectivity index is 2.03. The molecule has 0 spiro atoms. The fourth-order valence-corrected chi connectivity index (χ4v) is 2.36. The Kier molecular flexibility index (Phi) is 3.56. The molecule has 16 heavy (non-hydrogen) atoms. The highest BCUT2D eigenvalue weighted by molar-refractivity contribution is 5.08. The molecule has 1 fully saturated rings. The summed E-state index contributed by atoms with van der Waals surface area (Å²) in [5.41, 5.74) is 7.19. The first-order chi connectivity index (χ1) is 7.68. The Labute approximate surface area is 97.7 Å². The lowest BCUT2D eigenvalue weighted by atomic mass is 9.93. The Morgan fingerprint density at radius 2 is 2.31 bits per heavy atom. The van der Waals surface area contributed by atoms with Crippen LogP contribution in [0.2, 0.25) is 0 Å². The minimum atomic E-state index is 0.368. The number of rotatable bonds is 2. The molecule has 3 unspecified atom stereocenters. The molecular formula is C13H21N3. The third kappa shape index (κ3) is 2.42. The van der Waals surface area contributed by atoms with Gasteiger partial charge in [-0.25, -0.2) is 0 Å². The highest BCUT2D eigenvalue weighted by Crippen LogP contribution is 2.24. The van der Waals surface area contributed by atoms with Gasteiger partial charge in [0.2, 0.25) is 0 Å². The third-order valence-electron chi connectivity index (χ3n) is 3.67. The van der Waals surface area contributed by atoms with Crippen molar-refractivity contribution >= 4 is 0 Å². The van der Waals surface area contributed by atoms with Crippen molar-refractivity contribution in [1.29, 1.82) is 0 Å². The maximum Gasteiger partial charge on any atom is 0.0572 e. The first kappa shape index (κ1) is 11.6. The molecule has 2 rings (SSSR count). The molecule has 3 heteroatoms. The maximum atomic E-state index is 6.04. The average molecular weight is 219 g/mol. The number of likely N-dealkylation sites (tertiary alicyclic amines) is 1. The molecule has 3 atom stereocenters. The van der Waals surface area contributed by atoms with E-state index in [1.165, 1.54) is 0 Å². The second-order valence-electron chi connectivity index (χ2n) is 4.86. The molecule has 0 bridgehead atoms. The first-order valence-corrected chi connectivity index (χ1v) is 6.09. The van der Waals surface area contributed by atoms with Gasteiger partial charge in [-0.2, -0.15) is 0 Å². The molecule has 3 nitrogen and oxygen atoms in total. The number of piperidine rings is 1. The molecule has 0 saturated carbocycles. The Hall–Kier alpha value is -0.930. The summed E-state index contributed by atoms with van der Waals surface area (Å²) in [6.07, 6.45) is 2.96. The van der Waals surface area contributed by atoms with Crippen LogP contribution in [0.1, 0.15) is 32.0 Å². The fraction of sp³-hybridized carbons (Fsp3) is 0.615. The van der Waals surface area contributed by atoms with Crippen LogP contribution in [0.4, 0.5) is 0 Å². The zero-order valence-electron chi connectivity index (χ0n) is 10.1. The normalized spacial score (nSPS) is 28.9. The quantitative estimate of drug-likeness (QED) is 0.825. The number of hydrogen-bond acceptors (Lipinski definition) is 3. The monoisotopic (exact) mass is 219 g/mol. The second kappa shape index (κ2) is 4.93. The van der Waals surface area contributed by atoms with Crippen LogP contribution in [0.3, 0.4) is 0 Å². The molecule has 0 aliphatic carbocycles. The van der Waals surface area contributed by atoms with Crippen molar-refractivity contribution < 1.29 is 0 Å². The van der Waals surface area contributed by atoms with E-state index in [4.69, 9.17) is 5.73 Å². The van der Waals surface area contributed by atoms with Crippen LogP contribution in [0.15, 0.2) is 24.4 Å². The predicted molar refractivity (Wildman–Crippen MR) is 66.0 cm³/mol. The number of hydrogen-bond donors (Lipinski definition) is 1. The minimum Gasteiger partial charge on any atom is -0.327 e. The molecule has 0 amide bonds. The average Bonchev–Trinajstić information content (AvgIpc) is 2.33. The van der Waals surface area contributed by atoms with Gasteiger partial charge in [-0.05, 0) is 31.4 Å². The number of pyridine rings is 1. The van der Waals surface area contributed by atoms with Gasteiger partial charge in [0, 0.05) is 31.4 Å². The summed E-state index contributed by atoms with van der Waals surface area (Å²) >= 11 is 0. The van der Waals surface area contributed by atoms with Gasteiger partial charge in [-0.1, -0.05) is 13.0 Å². The van der Waals surface area contributed by atoms with E-state index in [0.29, 0.717) is 18.0 Å². The molecule has 2 heterocycles. The van der Waals surface area contributed by atoms with E-state index >= 15 is 0 Å². The molecule has 0 aromatic carbocycles. The van der Waals surface area contributed by atoms with Crippen LogP contribution in [0.25, 0.3) is 0 Å². The van der Waals surface area contributed by atoms with Gasteiger partial charge in [0.1, 0.15) is 0 Å². The van der Waals surface area contributed by atoms with E-state index in [1.807, 2.05) is 12.3 Å². The van der Waals surface area contributed by atoms with E-state index in [-0.39, 0.29) is 0 Å². The zero-order chi connectivity index (χ0) is 11.5. The summed E-state index contributed by atoms with van der Waals surface area (Å²) in [5, 5.41) is 0. The van der Waals surface area contributed by atoms with Gasteiger partial charge >= 0.3 is 0 Å². The molecule has 2 N–H and O–H groups in total. The van der Waals surface area contributed by atoms with E-state index in [2.05, 4.69) is 35.9 Å². The van der Waals surface area contributed by atoms with Crippen molar-refractivity contribution in [3.05, 3.63) is 30.1 Å². The van der Waals surface area contributed by atoms with Crippen molar-refractivity contribution in [3.8, 4) is 0 Å². The van der Waals surface area contributed by atoms with Gasteiger partial charge in [0.25, 0.3) is 0 Å². The minimum absolute atomic E-state index is 0.368. The van der Waals surface area contributed by atoms with Crippen molar-refractivity contribution in [3.63, 3.8) is 0 Å². The molecule has 1 aliphatic heterocycles. The SMILES string of the molecule is CC1CN(C(C)c2ccccn2)CCC1N. The van der Waals surface area contributed by atoms with Crippen LogP contribution in [0, 0.1) is 5.92 Å². The summed E-state index contributed by atoms with van der Waals surface area (Å²) in [6.45, 7) is 6.63. The standard InChI is InChI=1S/C13H21N3/c1-10-9-16(8-6-12(10)14)11(2)13-5-3-4-7-15-13/h3-5,7,10-12H,6,8-9,14H2,1-2H3. The molecular weight excluding hydrogens is 198 g/mol. The molecule has 1 aromatic rings. The molecule has 0 radical (unpaired) electrons. The van der Waals surface area contributed by atoms with Gasteiger partial charge in [-0.15, -0.1) is 0 Å². The van der Waals surface area contributed by atoms with Crippen molar-refractivity contribution in [2.45, 2.75) is 32.4 Å². The number of nitrogens with two attached hydrogens (primary N) is 1. The fourth-order valence-electron chi connectivity index (χ4n) is 2.36. The third-order valence-corrected chi connectivity index (χ3v) is 3.67. The highest BCUT2D eigenvalue weighted by atomic mass is 15.2. The summed E-state index contributed by atoms with van der Waals surface area (Å²) in [4.78, 5) is 6.91. The Bertz CT molecular complexity index is 325. The first-order valence-electron chi connectivity index (χ1n) is 6.09. The van der Waals surface area contributed by atoms with E-state index in [9.17, 15) is 0 Å². The lowest BCUT2D eigenvalue weighted by Gasteiger charge is -2.38. The Morgan fingerprint density at radius 3 is 2.94 bits per heavy atom. The maximum absolute atomic E-state index is 6.04. The summed E-state index contributed by atoms with van der Waals surface area (Å²) in [5.74, 6) is 0.583. The van der Waals surface area contributed by atoms with Gasteiger partial charge in [-0.3, -0.25) is 9.88 Å². The highest BCUT2D eigenvalue weighted by Gasteiger charge is 2.26. The van der Waals surface area contributed by atoms with Crippen LogP contribution < -0.4 is 5.73 Å². The van der Waals surface area contributed by atoms with E-state index in [0.717, 1.165) is 25.2 Å². The van der Waals surface area contributed by atoms with Crippen LogP contribution in [-0.4, -0.2) is 29.0 Å². The predicted octanol–water partition coefficient (Wildman–Crippen LogP) is 1.81. The van der Waals surface area contributed by atoms with Crippen molar-refractivity contribution in [2.24, 2.45) is 11.7 Å². The number of nitrogens with zero attached hydrogens (tertiary/aromatic N) is 2. The van der Waals surface area contributed by atoms with E-state index < -0.39 is 0 Å². The van der Waals surface area contributed by atoms with Crippen LogP contribution >= 0.6 is 0 Å². The summed E-state index contributed by atoms with van der Waals surface area (Å²) < 4.78 is 0. The molecule has 1 saturated heterocycles. The topological polar surface area (TPSA) is 42.2 Å². The van der Waals surface area contributed by atoms with Crippen LogP contribution in [0.5, 0.6) is 0 Å². The largest absolute Gasteiger partial charge is 0.327 e. The zero-order valence-corrected chi connectivity index (χ0v) is 10.1. The van der Waals surface area contributed by atoms with Gasteiger partial charge in [0.05, 0.1) is 5.69 Å². The van der Waals surface area contributed by atoms with Crippen molar-refractivity contribution in [2.75, 3.05) is 13.1 Å². The lowest BCUT2D eigenvalue weighted by molar-refractivity contribution is 0.122. The number of aromatic nitrogens is 1. The van der Waals surface area contributed by atoms with Crippen LogP contribution in [-0.2, 0) is 0 Å². The smallest absolute Gasteiger partial charge is 0.0572 e. The lowest BCUT2D eigenvalue weighted by Crippen LogP contribution is -2.46. The second-order valence-corrected chi connectivity index (χ2v) is 4.86. The summed E-state index contributed by atoms with van der Waals surface area (Å²) in [7, 11) is 0. The molecule has 88 valence electrons. The van der Waals surface area contributed by atoms with Gasteiger partial charge < -0.3 is 5.73 Å². The van der Waals surface area contributed by atoms with E-state index in [1.54, 1.807) is 0 Å².